The third-order valence-electron chi connectivity index (χ3n) is 3.19. The first-order valence-electron chi connectivity index (χ1n) is 7.29. The molecule has 1 saturated heterocycles. The summed E-state index contributed by atoms with van der Waals surface area (Å²) < 4.78 is 5.43. The second-order valence-electron chi connectivity index (χ2n) is 5.16. The smallest absolute Gasteiger partial charge is 0.226 e. The van der Waals surface area contributed by atoms with Gasteiger partial charge >= 0.3 is 0 Å². The van der Waals surface area contributed by atoms with Crippen LogP contribution in [0.2, 0.25) is 0 Å². The Kier molecular flexibility index (Phi) is 6.26. The normalized spacial score (nSPS) is 17.4. The minimum absolute atomic E-state index is 0.405. The molecular weight excluding hydrogens is 282 g/mol. The largest absolute Gasteiger partial charge is 0.378 e. The van der Waals surface area contributed by atoms with Crippen LogP contribution in [-0.4, -0.2) is 48.5 Å². The van der Waals surface area contributed by atoms with E-state index in [1.807, 2.05) is 30.3 Å². The van der Waals surface area contributed by atoms with E-state index in [0.717, 1.165) is 43.0 Å². The van der Waals surface area contributed by atoms with Gasteiger partial charge in [0.15, 0.2) is 0 Å². The summed E-state index contributed by atoms with van der Waals surface area (Å²) in [4.78, 5) is 11.8. The molecule has 5 heteroatoms. The molecule has 0 spiro atoms. The second-order valence-corrected chi connectivity index (χ2v) is 5.98. The van der Waals surface area contributed by atoms with Crippen molar-refractivity contribution in [3.63, 3.8) is 0 Å². The maximum atomic E-state index is 5.43. The number of hydrogen-bond acceptors (Lipinski definition) is 3. The molecule has 0 amide bonds. The van der Waals surface area contributed by atoms with Gasteiger partial charge < -0.3 is 9.64 Å². The molecule has 0 radical (unpaired) electrons. The van der Waals surface area contributed by atoms with Crippen molar-refractivity contribution in [2.75, 3.05) is 32.6 Å². The zero-order chi connectivity index (χ0) is 15.1. The van der Waals surface area contributed by atoms with Gasteiger partial charge in [-0.2, -0.15) is 0 Å². The van der Waals surface area contributed by atoms with Crippen LogP contribution in [0.5, 0.6) is 0 Å². The molecule has 4 nitrogen and oxygen atoms in total. The van der Waals surface area contributed by atoms with Crippen molar-refractivity contribution in [3.8, 4) is 0 Å². The number of guanidine groups is 1. The minimum Gasteiger partial charge on any atom is -0.378 e. The molecule has 0 aliphatic carbocycles. The third-order valence-corrected chi connectivity index (χ3v) is 4.17. The second kappa shape index (κ2) is 8.20. The summed E-state index contributed by atoms with van der Waals surface area (Å²) in [5, 5.41) is 1.11. The van der Waals surface area contributed by atoms with E-state index in [4.69, 9.17) is 14.7 Å². The Hall–Kier alpha value is -1.33. The molecule has 1 heterocycles. The van der Waals surface area contributed by atoms with Crippen molar-refractivity contribution < 1.29 is 4.74 Å². The molecule has 2 rings (SSSR count). The quantitative estimate of drug-likeness (QED) is 0.620. The van der Waals surface area contributed by atoms with Gasteiger partial charge in [0.25, 0.3) is 0 Å². The Morgan fingerprint density at radius 1 is 1.19 bits per heavy atom. The first-order valence-corrected chi connectivity index (χ1v) is 8.52. The molecule has 0 unspecified atom stereocenters. The van der Waals surface area contributed by atoms with Crippen LogP contribution in [0.1, 0.15) is 13.8 Å². The molecule has 114 valence electrons. The summed E-state index contributed by atoms with van der Waals surface area (Å²) in [7, 11) is 0. The number of para-hydroxylation sites is 1. The van der Waals surface area contributed by atoms with Crippen LogP contribution in [0.15, 0.2) is 40.3 Å². The molecule has 1 aromatic carbocycles. The standard InChI is InChI=1S/C16H23N3OS/c1-13(2)15(21-3)18-16(19-9-11-20-12-10-19)17-14-7-5-4-6-8-14/h4-8,13H,9-12H2,1-3H3/b17-16?,18-15-. The van der Waals surface area contributed by atoms with Crippen LogP contribution < -0.4 is 0 Å². The summed E-state index contributed by atoms with van der Waals surface area (Å²) in [6.07, 6.45) is 2.07. The lowest BCUT2D eigenvalue weighted by molar-refractivity contribution is 0.0676. The lowest BCUT2D eigenvalue weighted by atomic mass is 10.2. The lowest BCUT2D eigenvalue weighted by Gasteiger charge is -2.28. The highest BCUT2D eigenvalue weighted by Gasteiger charge is 2.16. The molecule has 1 aliphatic rings. The Bertz CT molecular complexity index is 494. The summed E-state index contributed by atoms with van der Waals surface area (Å²) in [5.74, 6) is 1.20. The van der Waals surface area contributed by atoms with Crippen molar-refractivity contribution in [2.24, 2.45) is 15.9 Å². The molecule has 1 fully saturated rings. The van der Waals surface area contributed by atoms with Gasteiger partial charge in [-0.15, -0.1) is 11.8 Å². The molecule has 0 saturated carbocycles. The highest BCUT2D eigenvalue weighted by molar-refractivity contribution is 8.13. The van der Waals surface area contributed by atoms with Crippen LogP contribution >= 0.6 is 11.8 Å². The van der Waals surface area contributed by atoms with Crippen molar-refractivity contribution in [3.05, 3.63) is 30.3 Å². The minimum atomic E-state index is 0.405. The summed E-state index contributed by atoms with van der Waals surface area (Å²) >= 11 is 1.69. The van der Waals surface area contributed by atoms with Crippen molar-refractivity contribution in [2.45, 2.75) is 13.8 Å². The van der Waals surface area contributed by atoms with Crippen molar-refractivity contribution in [1.29, 1.82) is 0 Å². The van der Waals surface area contributed by atoms with Crippen molar-refractivity contribution >= 4 is 28.5 Å². The van der Waals surface area contributed by atoms with E-state index >= 15 is 0 Å². The van der Waals surface area contributed by atoms with E-state index in [1.165, 1.54) is 0 Å². The zero-order valence-electron chi connectivity index (χ0n) is 13.0. The highest BCUT2D eigenvalue weighted by atomic mass is 32.2. The average Bonchev–Trinajstić information content (AvgIpc) is 2.53. The van der Waals surface area contributed by atoms with Crippen LogP contribution in [-0.2, 0) is 4.74 Å². The monoisotopic (exact) mass is 305 g/mol. The van der Waals surface area contributed by atoms with Crippen LogP contribution in [0.4, 0.5) is 5.69 Å². The summed E-state index contributed by atoms with van der Waals surface area (Å²) in [6, 6.07) is 10.0. The number of ether oxygens (including phenoxy) is 1. The van der Waals surface area contributed by atoms with E-state index in [2.05, 4.69) is 25.0 Å². The number of benzene rings is 1. The van der Waals surface area contributed by atoms with E-state index < -0.39 is 0 Å². The lowest BCUT2D eigenvalue weighted by Crippen LogP contribution is -2.40. The number of rotatable bonds is 2. The number of morpholine rings is 1. The van der Waals surface area contributed by atoms with E-state index in [1.54, 1.807) is 11.8 Å². The van der Waals surface area contributed by atoms with Gasteiger partial charge in [-0.1, -0.05) is 32.0 Å². The molecule has 0 aromatic heterocycles. The maximum absolute atomic E-state index is 5.43. The predicted octanol–water partition coefficient (Wildman–Crippen LogP) is 3.42. The molecular formula is C16H23N3OS. The molecule has 1 aromatic rings. The van der Waals surface area contributed by atoms with Crippen LogP contribution in [0.25, 0.3) is 0 Å². The highest BCUT2D eigenvalue weighted by Crippen LogP contribution is 2.16. The first-order chi connectivity index (χ1) is 10.2. The average molecular weight is 305 g/mol. The third kappa shape index (κ3) is 4.86. The fraction of sp³-hybridized carbons (Fsp3) is 0.500. The van der Waals surface area contributed by atoms with Gasteiger partial charge in [0.05, 0.1) is 23.9 Å². The number of hydrogen-bond donors (Lipinski definition) is 0. The molecule has 0 N–H and O–H groups in total. The molecule has 0 bridgehead atoms. The van der Waals surface area contributed by atoms with Gasteiger partial charge in [-0.3, -0.25) is 0 Å². The van der Waals surface area contributed by atoms with Gasteiger partial charge in [0, 0.05) is 19.0 Å². The number of aliphatic imine (C=N–C) groups is 2. The number of thioether (sulfide) groups is 1. The molecule has 21 heavy (non-hydrogen) atoms. The van der Waals surface area contributed by atoms with E-state index in [-0.39, 0.29) is 0 Å². The Labute approximate surface area is 131 Å². The van der Waals surface area contributed by atoms with Crippen LogP contribution in [0.3, 0.4) is 0 Å². The van der Waals surface area contributed by atoms with Crippen LogP contribution in [0, 0.1) is 5.92 Å². The fourth-order valence-electron chi connectivity index (χ4n) is 2.06. The fourth-order valence-corrected chi connectivity index (χ4v) is 2.70. The summed E-state index contributed by atoms with van der Waals surface area (Å²) in [6.45, 7) is 7.48. The van der Waals surface area contributed by atoms with Gasteiger partial charge in [0.1, 0.15) is 0 Å². The SMILES string of the molecule is CS/C(=N\C(=Nc1ccccc1)N1CCOCC1)C(C)C. The van der Waals surface area contributed by atoms with E-state index in [9.17, 15) is 0 Å². The summed E-state index contributed by atoms with van der Waals surface area (Å²) in [5.41, 5.74) is 0.937. The number of nitrogens with zero attached hydrogens (tertiary/aromatic N) is 3. The predicted molar refractivity (Wildman–Crippen MR) is 91.7 cm³/mol. The topological polar surface area (TPSA) is 37.2 Å². The van der Waals surface area contributed by atoms with Gasteiger partial charge in [-0.05, 0) is 18.4 Å². The molecule has 0 atom stereocenters. The molecule has 1 aliphatic heterocycles. The van der Waals surface area contributed by atoms with Crippen molar-refractivity contribution in [1.82, 2.24) is 4.90 Å². The maximum Gasteiger partial charge on any atom is 0.226 e. The Balaban J connectivity index is 2.31. The Morgan fingerprint density at radius 2 is 1.86 bits per heavy atom. The van der Waals surface area contributed by atoms with Gasteiger partial charge in [-0.25, -0.2) is 9.98 Å². The van der Waals surface area contributed by atoms with Gasteiger partial charge in [0.2, 0.25) is 5.96 Å². The first kappa shape index (κ1) is 16.0. The zero-order valence-corrected chi connectivity index (χ0v) is 13.8. The Morgan fingerprint density at radius 3 is 2.43 bits per heavy atom. The van der Waals surface area contributed by atoms with E-state index in [0.29, 0.717) is 5.92 Å².